The largest absolute Gasteiger partial charge is 0.477 e. The lowest BCUT2D eigenvalue weighted by atomic mass is 10.0. The average molecular weight is 1400 g/mol. The van der Waals surface area contributed by atoms with Crippen molar-refractivity contribution in [1.82, 2.24) is 0 Å². The van der Waals surface area contributed by atoms with Crippen LogP contribution in [-0.2, 0) is 33.3 Å². The lowest BCUT2D eigenvalue weighted by molar-refractivity contribution is -0.870. The van der Waals surface area contributed by atoms with Crippen molar-refractivity contribution in [3.8, 4) is 0 Å². The van der Waals surface area contributed by atoms with Crippen LogP contribution >= 0.6 is 0 Å². The Labute approximate surface area is 623 Å². The first kappa shape index (κ1) is 95.9. The summed E-state index contributed by atoms with van der Waals surface area (Å²) in [5.41, 5.74) is 0. The number of aliphatic carboxylic acids is 1. The average Bonchev–Trinajstić information content (AvgIpc) is 1.25. The van der Waals surface area contributed by atoms with Crippen LogP contribution in [0.25, 0.3) is 0 Å². The van der Waals surface area contributed by atoms with E-state index in [1.54, 1.807) is 0 Å². The molecular formula is C92H156NO8+. The lowest BCUT2D eigenvalue weighted by Gasteiger charge is -2.25. The highest BCUT2D eigenvalue weighted by Crippen LogP contribution is 2.19. The van der Waals surface area contributed by atoms with Gasteiger partial charge in [-0.1, -0.05) is 371 Å². The first-order valence-electron chi connectivity index (χ1n) is 41.6. The van der Waals surface area contributed by atoms with Crippen molar-refractivity contribution in [3.63, 3.8) is 0 Å². The Hall–Kier alpha value is -5.09. The van der Waals surface area contributed by atoms with Gasteiger partial charge in [-0.2, -0.15) is 0 Å². The summed E-state index contributed by atoms with van der Waals surface area (Å²) in [5.74, 6) is -2.01. The maximum absolute atomic E-state index is 13.0. The van der Waals surface area contributed by atoms with Gasteiger partial charge in [0.05, 0.1) is 34.4 Å². The number of ether oxygens (including phenoxy) is 4. The number of esters is 2. The molecule has 0 fully saturated rings. The Balaban J connectivity index is 4.04. The molecule has 0 aromatic carbocycles. The zero-order valence-electron chi connectivity index (χ0n) is 66.0. The van der Waals surface area contributed by atoms with Gasteiger partial charge in [0.2, 0.25) is 0 Å². The molecule has 9 nitrogen and oxygen atoms in total. The van der Waals surface area contributed by atoms with Crippen molar-refractivity contribution in [2.45, 2.75) is 360 Å². The summed E-state index contributed by atoms with van der Waals surface area (Å²) in [5, 5.41) is 9.78. The molecule has 0 spiro atoms. The molecule has 1 N–H and O–H groups in total. The van der Waals surface area contributed by atoms with Gasteiger partial charge in [0.15, 0.2) is 6.10 Å². The first-order valence-corrected chi connectivity index (χ1v) is 41.6. The third-order valence-corrected chi connectivity index (χ3v) is 17.8. The Bertz CT molecular complexity index is 2230. The molecule has 0 bridgehead atoms. The second kappa shape index (κ2) is 80.6. The number of carbonyl (C=O) groups is 3. The monoisotopic (exact) mass is 1400 g/mol. The van der Waals surface area contributed by atoms with Crippen molar-refractivity contribution < 1.29 is 42.9 Å². The fourth-order valence-corrected chi connectivity index (χ4v) is 11.5. The van der Waals surface area contributed by atoms with E-state index in [1.165, 1.54) is 186 Å². The van der Waals surface area contributed by atoms with Crippen LogP contribution in [0.1, 0.15) is 348 Å². The third-order valence-electron chi connectivity index (χ3n) is 17.8. The highest BCUT2D eigenvalue weighted by atomic mass is 16.7. The second-order valence-electron chi connectivity index (χ2n) is 28.7. The zero-order valence-corrected chi connectivity index (χ0v) is 66.0. The molecule has 0 aliphatic heterocycles. The number of quaternary nitrogens is 1. The molecular weight excluding hydrogens is 1250 g/mol. The number of rotatable bonds is 76. The van der Waals surface area contributed by atoms with E-state index >= 15 is 0 Å². The maximum atomic E-state index is 13.0. The Morgan fingerprint density at radius 1 is 0.297 bits per heavy atom. The van der Waals surface area contributed by atoms with E-state index in [9.17, 15) is 19.5 Å². The predicted molar refractivity (Wildman–Crippen MR) is 437 cm³/mol. The van der Waals surface area contributed by atoms with Crippen LogP contribution in [0.3, 0.4) is 0 Å². The van der Waals surface area contributed by atoms with E-state index in [-0.39, 0.29) is 32.2 Å². The minimum Gasteiger partial charge on any atom is -0.477 e. The minimum absolute atomic E-state index is 0.181. The molecule has 0 heterocycles. The quantitative estimate of drug-likeness (QED) is 0.0211. The number of nitrogens with zero attached hydrogens (tertiary/aromatic N) is 1. The number of carboxylic acid groups (broad SMARTS) is 1. The summed E-state index contributed by atoms with van der Waals surface area (Å²) < 4.78 is 23.1. The molecule has 2 atom stereocenters. The third kappa shape index (κ3) is 82.1. The molecule has 9 heteroatoms. The molecule has 0 rings (SSSR count). The van der Waals surface area contributed by atoms with E-state index in [0.717, 1.165) is 128 Å². The highest BCUT2D eigenvalue weighted by Gasteiger charge is 2.25. The van der Waals surface area contributed by atoms with Gasteiger partial charge in [0.25, 0.3) is 6.29 Å². The molecule has 0 aromatic heterocycles. The summed E-state index contributed by atoms with van der Waals surface area (Å²) in [6.07, 6.45) is 117. The second-order valence-corrected chi connectivity index (χ2v) is 28.7. The van der Waals surface area contributed by atoms with Gasteiger partial charge < -0.3 is 28.5 Å². The van der Waals surface area contributed by atoms with Crippen molar-refractivity contribution in [3.05, 3.63) is 158 Å². The van der Waals surface area contributed by atoms with E-state index < -0.39 is 24.3 Å². The fraction of sp³-hybridized carbons (Fsp3) is 0.685. The van der Waals surface area contributed by atoms with E-state index in [4.69, 9.17) is 18.9 Å². The number of hydrogen-bond acceptors (Lipinski definition) is 7. The van der Waals surface area contributed by atoms with Crippen molar-refractivity contribution in [1.29, 1.82) is 0 Å². The van der Waals surface area contributed by atoms with E-state index in [0.29, 0.717) is 23.9 Å². The number of unbranched alkanes of at least 4 members (excludes halogenated alkanes) is 35. The van der Waals surface area contributed by atoms with Crippen LogP contribution in [-0.4, -0.2) is 87.4 Å². The topological polar surface area (TPSA) is 108 Å². The summed E-state index contributed by atoms with van der Waals surface area (Å²) in [6.45, 7) is 4.67. The standard InChI is InChI=1S/C92H155NO8/c1-6-8-10-12-14-16-18-20-22-24-26-28-30-32-34-36-38-40-42-44-45-47-48-50-52-54-56-58-60-62-64-66-68-70-72-74-76-78-80-82-89(94)99-86-88(87-100-92(91(96)97)98-85-84-93(3,4)5)101-90(95)83-81-79-77-75-73-71-69-67-65-63-61-59-57-55-53-51-49-46-43-41-39-37-35-33-31-29-27-25-23-21-19-17-15-13-11-9-7-2/h8-11,14-17,20-23,26-29,33,35,39,41,46,49,53,55,59,61,88,92H,6-7,12-13,18-19,24-25,30-32,34,36-38,40,42-45,47-48,50-52,54,56-58,60,62-87H2,1-5H3/p+1/b10-8-,11-9-,16-14-,17-15-,22-20-,23-21-,28-26-,29-27-,35-33-,41-39-,49-46-,55-53-,61-59-. The molecule has 0 aromatic rings. The predicted octanol–water partition coefficient (Wildman–Crippen LogP) is 27.1. The molecule has 0 radical (unpaired) electrons. The van der Waals surface area contributed by atoms with Gasteiger partial charge in [-0.3, -0.25) is 9.59 Å². The van der Waals surface area contributed by atoms with E-state index in [1.807, 2.05) is 21.1 Å². The van der Waals surface area contributed by atoms with Crippen LogP contribution < -0.4 is 0 Å². The van der Waals surface area contributed by atoms with Crippen LogP contribution in [0.5, 0.6) is 0 Å². The molecule has 0 saturated carbocycles. The first-order chi connectivity index (χ1) is 49.6. The molecule has 0 saturated heterocycles. The van der Waals surface area contributed by atoms with Gasteiger partial charge in [-0.25, -0.2) is 4.79 Å². The van der Waals surface area contributed by atoms with Gasteiger partial charge in [0.1, 0.15) is 13.2 Å². The van der Waals surface area contributed by atoms with Crippen LogP contribution in [0.2, 0.25) is 0 Å². The van der Waals surface area contributed by atoms with E-state index in [2.05, 4.69) is 172 Å². The normalized spacial score (nSPS) is 13.5. The van der Waals surface area contributed by atoms with Gasteiger partial charge in [-0.15, -0.1) is 0 Å². The zero-order chi connectivity index (χ0) is 73.2. The molecule has 101 heavy (non-hydrogen) atoms. The molecule has 576 valence electrons. The molecule has 0 aliphatic rings. The van der Waals surface area contributed by atoms with Gasteiger partial charge in [0, 0.05) is 12.8 Å². The smallest absolute Gasteiger partial charge is 0.361 e. The number of carboxylic acids is 1. The summed E-state index contributed by atoms with van der Waals surface area (Å²) in [4.78, 5) is 37.8. The molecule has 2 unspecified atom stereocenters. The number of carbonyl (C=O) groups excluding carboxylic acids is 2. The maximum Gasteiger partial charge on any atom is 0.361 e. The summed E-state index contributed by atoms with van der Waals surface area (Å²) >= 11 is 0. The number of allylic oxidation sites excluding steroid dienone is 26. The lowest BCUT2D eigenvalue weighted by Crippen LogP contribution is -2.40. The van der Waals surface area contributed by atoms with Crippen LogP contribution in [0.4, 0.5) is 0 Å². The van der Waals surface area contributed by atoms with Crippen LogP contribution in [0.15, 0.2) is 158 Å². The van der Waals surface area contributed by atoms with Gasteiger partial charge >= 0.3 is 17.9 Å². The molecule has 0 aliphatic carbocycles. The van der Waals surface area contributed by atoms with Gasteiger partial charge in [-0.05, 0) is 122 Å². The Kier molecular flexibility index (Phi) is 76.5. The summed E-state index contributed by atoms with van der Waals surface area (Å²) in [7, 11) is 5.98. The van der Waals surface area contributed by atoms with Crippen molar-refractivity contribution in [2.75, 3.05) is 47.5 Å². The number of hydrogen-bond donors (Lipinski definition) is 1. The highest BCUT2D eigenvalue weighted by molar-refractivity contribution is 5.71. The van der Waals surface area contributed by atoms with Crippen LogP contribution in [0, 0.1) is 0 Å². The van der Waals surface area contributed by atoms with Crippen molar-refractivity contribution >= 4 is 17.9 Å². The Morgan fingerprint density at radius 2 is 0.535 bits per heavy atom. The SMILES string of the molecule is CC/C=C\C/C=C\C/C=C\C/C=C\C/C=C\C/C=C\C/C=C\C/C=C\C/C=C\CCCCCCCCCCCC(=O)OC(COC(=O)CCCCCCCCCCCCCCCCCCCCCCCCCCCC/C=C\C/C=C\C/C=C\C/C=C\CC)COC(OCC[N+](C)(C)C)C(=O)O. The Morgan fingerprint density at radius 3 is 0.792 bits per heavy atom. The van der Waals surface area contributed by atoms with Crippen molar-refractivity contribution in [2.24, 2.45) is 0 Å². The minimum atomic E-state index is -1.52. The fourth-order valence-electron chi connectivity index (χ4n) is 11.5. The molecule has 0 amide bonds. The summed E-state index contributed by atoms with van der Waals surface area (Å²) in [6, 6.07) is 0. The number of likely N-dealkylation sites (N-methyl/N-ethyl adjacent to an activating group) is 1.